The van der Waals surface area contributed by atoms with E-state index in [0.717, 1.165) is 10.8 Å². The SMILES string of the molecule is CC#CCCOc1c(C(C)=O)ccc2ccccc12. The number of benzene rings is 2. The van der Waals surface area contributed by atoms with Crippen molar-refractivity contribution in [3.8, 4) is 17.6 Å². The molecule has 2 nitrogen and oxygen atoms in total. The standard InChI is InChI=1S/C17H16O2/c1-3-4-7-12-19-17-15(13(2)18)11-10-14-8-5-6-9-16(14)17/h5-6,8-11H,7,12H2,1-2H3. The minimum absolute atomic E-state index is 0.0160. The normalized spacial score (nSPS) is 9.79. The number of ether oxygens (including phenoxy) is 1. The lowest BCUT2D eigenvalue weighted by atomic mass is 10.0. The molecule has 2 aromatic carbocycles. The van der Waals surface area contributed by atoms with E-state index in [0.29, 0.717) is 24.3 Å². The molecule has 96 valence electrons. The van der Waals surface area contributed by atoms with Crippen LogP contribution in [0.15, 0.2) is 36.4 Å². The van der Waals surface area contributed by atoms with Gasteiger partial charge in [-0.3, -0.25) is 4.79 Å². The van der Waals surface area contributed by atoms with E-state index in [4.69, 9.17) is 4.74 Å². The molecule has 0 heterocycles. The van der Waals surface area contributed by atoms with Gasteiger partial charge in [-0.25, -0.2) is 0 Å². The van der Waals surface area contributed by atoms with E-state index in [-0.39, 0.29) is 5.78 Å². The number of ketones is 1. The molecule has 2 heteroatoms. The largest absolute Gasteiger partial charge is 0.491 e. The van der Waals surface area contributed by atoms with Gasteiger partial charge in [0.25, 0.3) is 0 Å². The maximum absolute atomic E-state index is 11.7. The first-order chi connectivity index (χ1) is 9.24. The fraction of sp³-hybridized carbons (Fsp3) is 0.235. The number of carbonyl (C=O) groups is 1. The van der Waals surface area contributed by atoms with Crippen molar-refractivity contribution < 1.29 is 9.53 Å². The summed E-state index contributed by atoms with van der Waals surface area (Å²) in [5.74, 6) is 6.47. The number of hydrogen-bond donors (Lipinski definition) is 0. The number of rotatable bonds is 4. The van der Waals surface area contributed by atoms with E-state index in [1.54, 1.807) is 13.8 Å². The first-order valence-electron chi connectivity index (χ1n) is 6.29. The molecule has 0 aliphatic rings. The Bertz CT molecular complexity index is 660. The molecule has 0 atom stereocenters. The van der Waals surface area contributed by atoms with Crippen molar-refractivity contribution in [2.24, 2.45) is 0 Å². The van der Waals surface area contributed by atoms with E-state index < -0.39 is 0 Å². The van der Waals surface area contributed by atoms with Crippen LogP contribution in [0.25, 0.3) is 10.8 Å². The minimum atomic E-state index is 0.0160. The molecular weight excluding hydrogens is 236 g/mol. The van der Waals surface area contributed by atoms with Crippen molar-refractivity contribution in [3.63, 3.8) is 0 Å². The Balaban J connectivity index is 2.42. The van der Waals surface area contributed by atoms with E-state index in [1.807, 2.05) is 36.4 Å². The van der Waals surface area contributed by atoms with E-state index in [9.17, 15) is 4.79 Å². The molecule has 2 aromatic rings. The van der Waals surface area contributed by atoms with Crippen molar-refractivity contribution in [1.29, 1.82) is 0 Å². The van der Waals surface area contributed by atoms with Gasteiger partial charge in [-0.15, -0.1) is 11.8 Å². The van der Waals surface area contributed by atoms with Gasteiger partial charge in [-0.1, -0.05) is 30.3 Å². The molecule has 19 heavy (non-hydrogen) atoms. The molecule has 0 saturated carbocycles. The Morgan fingerprint density at radius 2 is 2.00 bits per heavy atom. The molecule has 0 spiro atoms. The van der Waals surface area contributed by atoms with Gasteiger partial charge >= 0.3 is 0 Å². The summed E-state index contributed by atoms with van der Waals surface area (Å²) in [7, 11) is 0. The van der Waals surface area contributed by atoms with Crippen LogP contribution in [0.5, 0.6) is 5.75 Å². The number of Topliss-reactive ketones (excluding diaryl/α,β-unsaturated/α-hetero) is 1. The fourth-order valence-corrected chi connectivity index (χ4v) is 2.00. The Morgan fingerprint density at radius 1 is 1.21 bits per heavy atom. The summed E-state index contributed by atoms with van der Waals surface area (Å²) in [6, 6.07) is 11.7. The van der Waals surface area contributed by atoms with E-state index in [1.165, 1.54) is 0 Å². The van der Waals surface area contributed by atoms with Gasteiger partial charge in [0.1, 0.15) is 5.75 Å². The van der Waals surface area contributed by atoms with E-state index >= 15 is 0 Å². The Hall–Kier alpha value is -2.27. The van der Waals surface area contributed by atoms with Gasteiger partial charge in [0, 0.05) is 11.8 Å². The topological polar surface area (TPSA) is 26.3 Å². The van der Waals surface area contributed by atoms with Crippen LogP contribution in [-0.2, 0) is 0 Å². The highest BCUT2D eigenvalue weighted by Crippen LogP contribution is 2.30. The smallest absolute Gasteiger partial charge is 0.163 e. The van der Waals surface area contributed by atoms with Crippen molar-refractivity contribution in [3.05, 3.63) is 42.0 Å². The van der Waals surface area contributed by atoms with Crippen molar-refractivity contribution in [2.45, 2.75) is 20.3 Å². The first kappa shape index (κ1) is 13.2. The van der Waals surface area contributed by atoms with Crippen LogP contribution in [0, 0.1) is 11.8 Å². The average Bonchev–Trinajstić information content (AvgIpc) is 2.43. The predicted octanol–water partition coefficient (Wildman–Crippen LogP) is 3.83. The van der Waals surface area contributed by atoms with Gasteiger partial charge in [-0.05, 0) is 25.3 Å². The lowest BCUT2D eigenvalue weighted by molar-refractivity contribution is 0.101. The molecule has 0 aromatic heterocycles. The number of hydrogen-bond acceptors (Lipinski definition) is 2. The molecule has 0 bridgehead atoms. The summed E-state index contributed by atoms with van der Waals surface area (Å²) in [6.45, 7) is 3.86. The molecule has 0 unspecified atom stereocenters. The van der Waals surface area contributed by atoms with Gasteiger partial charge < -0.3 is 4.74 Å². The first-order valence-corrected chi connectivity index (χ1v) is 6.29. The van der Waals surface area contributed by atoms with Crippen molar-refractivity contribution >= 4 is 16.6 Å². The summed E-state index contributed by atoms with van der Waals surface area (Å²) < 4.78 is 5.79. The molecule has 0 amide bonds. The van der Waals surface area contributed by atoms with Crippen LogP contribution in [0.1, 0.15) is 30.6 Å². The summed E-state index contributed by atoms with van der Waals surface area (Å²) in [5, 5.41) is 2.05. The Labute approximate surface area is 113 Å². The highest BCUT2D eigenvalue weighted by atomic mass is 16.5. The summed E-state index contributed by atoms with van der Waals surface area (Å²) in [4.78, 5) is 11.7. The van der Waals surface area contributed by atoms with Crippen molar-refractivity contribution in [2.75, 3.05) is 6.61 Å². The maximum atomic E-state index is 11.7. The second-order valence-corrected chi connectivity index (χ2v) is 4.24. The third kappa shape index (κ3) is 2.95. The lowest BCUT2D eigenvalue weighted by Crippen LogP contribution is -2.03. The quantitative estimate of drug-likeness (QED) is 0.469. The summed E-state index contributed by atoms with van der Waals surface area (Å²) in [6.07, 6.45) is 0.664. The molecule has 2 rings (SSSR count). The molecule has 0 radical (unpaired) electrons. The maximum Gasteiger partial charge on any atom is 0.163 e. The molecular formula is C17H16O2. The zero-order valence-electron chi connectivity index (χ0n) is 11.2. The number of carbonyl (C=O) groups excluding carboxylic acids is 1. The lowest BCUT2D eigenvalue weighted by Gasteiger charge is -2.12. The van der Waals surface area contributed by atoms with Crippen LogP contribution >= 0.6 is 0 Å². The monoisotopic (exact) mass is 252 g/mol. The van der Waals surface area contributed by atoms with Crippen LogP contribution in [0.4, 0.5) is 0 Å². The Kier molecular flexibility index (Phi) is 4.20. The Morgan fingerprint density at radius 3 is 2.74 bits per heavy atom. The summed E-state index contributed by atoms with van der Waals surface area (Å²) in [5.41, 5.74) is 0.628. The second-order valence-electron chi connectivity index (χ2n) is 4.24. The predicted molar refractivity (Wildman–Crippen MR) is 77.5 cm³/mol. The summed E-state index contributed by atoms with van der Waals surface area (Å²) >= 11 is 0. The highest BCUT2D eigenvalue weighted by molar-refractivity contribution is 6.03. The molecule has 0 fully saturated rings. The zero-order chi connectivity index (χ0) is 13.7. The van der Waals surface area contributed by atoms with Gasteiger partial charge in [-0.2, -0.15) is 0 Å². The van der Waals surface area contributed by atoms with Crippen LogP contribution in [0.2, 0.25) is 0 Å². The minimum Gasteiger partial charge on any atom is -0.491 e. The van der Waals surface area contributed by atoms with Crippen molar-refractivity contribution in [1.82, 2.24) is 0 Å². The molecule has 0 N–H and O–H groups in total. The third-order valence-corrected chi connectivity index (χ3v) is 2.91. The van der Waals surface area contributed by atoms with Gasteiger partial charge in [0.2, 0.25) is 0 Å². The second kappa shape index (κ2) is 6.06. The molecule has 0 aliphatic carbocycles. The van der Waals surface area contributed by atoms with E-state index in [2.05, 4.69) is 11.8 Å². The van der Waals surface area contributed by atoms with Gasteiger partial charge in [0.05, 0.1) is 12.2 Å². The van der Waals surface area contributed by atoms with Gasteiger partial charge in [0.15, 0.2) is 5.78 Å². The zero-order valence-corrected chi connectivity index (χ0v) is 11.2. The fourth-order valence-electron chi connectivity index (χ4n) is 2.00. The van der Waals surface area contributed by atoms with Crippen LogP contribution < -0.4 is 4.74 Å². The highest BCUT2D eigenvalue weighted by Gasteiger charge is 2.12. The third-order valence-electron chi connectivity index (χ3n) is 2.91. The van der Waals surface area contributed by atoms with Crippen LogP contribution in [0.3, 0.4) is 0 Å². The van der Waals surface area contributed by atoms with Crippen LogP contribution in [-0.4, -0.2) is 12.4 Å². The molecule has 0 aliphatic heterocycles. The average molecular weight is 252 g/mol. The number of fused-ring (bicyclic) bond motifs is 1. The molecule has 0 saturated heterocycles.